The van der Waals surface area contributed by atoms with Gasteiger partial charge in [-0.2, -0.15) is 4.37 Å². The zero-order chi connectivity index (χ0) is 19.7. The Hall–Kier alpha value is -1.53. The summed E-state index contributed by atoms with van der Waals surface area (Å²) in [6.07, 6.45) is 0. The molecular weight excluding hydrogens is 425 g/mol. The van der Waals surface area contributed by atoms with Gasteiger partial charge in [0.25, 0.3) is 0 Å². The van der Waals surface area contributed by atoms with Gasteiger partial charge in [0.2, 0.25) is 5.06 Å². The minimum absolute atomic E-state index is 0.262. The highest BCUT2D eigenvalue weighted by molar-refractivity contribution is 7.09. The van der Waals surface area contributed by atoms with Crippen LogP contribution in [0, 0.1) is 12.8 Å². The van der Waals surface area contributed by atoms with Crippen LogP contribution in [0.2, 0.25) is 15.1 Å². The van der Waals surface area contributed by atoms with Gasteiger partial charge in [0.1, 0.15) is 17.1 Å². The molecule has 1 N–H and O–H groups in total. The monoisotopic (exact) mass is 441 g/mol. The molecule has 4 nitrogen and oxygen atoms in total. The number of hydrogen-bond donors (Lipinski definition) is 1. The van der Waals surface area contributed by atoms with Crippen molar-refractivity contribution in [1.29, 1.82) is 0 Å². The molecule has 0 bridgehead atoms. The summed E-state index contributed by atoms with van der Waals surface area (Å²) in [5.74, 6) is 1.74. The molecule has 3 rings (SSSR count). The highest BCUT2D eigenvalue weighted by Gasteiger charge is 2.17. The van der Waals surface area contributed by atoms with Crippen molar-refractivity contribution in [3.63, 3.8) is 0 Å². The average Bonchev–Trinajstić information content (AvgIpc) is 3.04. The molecule has 2 aromatic carbocycles. The van der Waals surface area contributed by atoms with E-state index >= 15 is 0 Å². The molecular formula is C19H18Cl3N3OS. The van der Waals surface area contributed by atoms with Gasteiger partial charge in [-0.25, -0.2) is 4.99 Å². The van der Waals surface area contributed by atoms with E-state index in [9.17, 15) is 0 Å². The fraction of sp³-hybridized carbons (Fsp3) is 0.263. The number of nitrogens with one attached hydrogen (secondary N) is 1. The normalized spacial score (nSPS) is 12.1. The Morgan fingerprint density at radius 2 is 1.85 bits per heavy atom. The summed E-state index contributed by atoms with van der Waals surface area (Å²) in [5, 5.41) is 5.96. The highest BCUT2D eigenvalue weighted by atomic mass is 35.5. The molecule has 142 valence electrons. The van der Waals surface area contributed by atoms with Crippen LogP contribution >= 0.6 is 46.3 Å². The van der Waals surface area contributed by atoms with Crippen LogP contribution in [0.4, 0.5) is 5.69 Å². The van der Waals surface area contributed by atoms with Gasteiger partial charge in [0.05, 0.1) is 26.1 Å². The van der Waals surface area contributed by atoms with Gasteiger partial charge < -0.3 is 10.1 Å². The van der Waals surface area contributed by atoms with E-state index in [1.54, 1.807) is 18.2 Å². The lowest BCUT2D eigenvalue weighted by Gasteiger charge is -2.12. The number of halogens is 3. The number of nitrogens with zero attached hydrogens (tertiary/aromatic N) is 2. The predicted octanol–water partition coefficient (Wildman–Crippen LogP) is 7.26. The number of benzene rings is 2. The van der Waals surface area contributed by atoms with Crippen LogP contribution in [-0.4, -0.2) is 17.3 Å². The third kappa shape index (κ3) is 4.16. The van der Waals surface area contributed by atoms with Gasteiger partial charge in [0.15, 0.2) is 0 Å². The fourth-order valence-corrected chi connectivity index (χ4v) is 4.10. The molecule has 0 aliphatic rings. The fourth-order valence-electron chi connectivity index (χ4n) is 2.57. The van der Waals surface area contributed by atoms with Gasteiger partial charge in [-0.1, -0.05) is 48.7 Å². The van der Waals surface area contributed by atoms with E-state index in [1.165, 1.54) is 11.5 Å². The standard InChI is InChI=1S/C19H18Cl3N3OS/c1-9(2)18(23-4)24-14-7-10(3)15(8-13(14)22)26-19-16-11(20)5-6-12(21)17(16)25-27-19/h5-9H,1-4H3,(H,23,24). The Balaban J connectivity index is 2.00. The molecule has 8 heteroatoms. The lowest BCUT2D eigenvalue weighted by atomic mass is 10.1. The molecule has 0 atom stereocenters. The van der Waals surface area contributed by atoms with Crippen LogP contribution in [0.5, 0.6) is 10.8 Å². The maximum atomic E-state index is 6.45. The van der Waals surface area contributed by atoms with Crippen molar-refractivity contribution in [3.8, 4) is 10.8 Å². The Morgan fingerprint density at radius 3 is 2.52 bits per heavy atom. The largest absolute Gasteiger partial charge is 0.444 e. The SMILES string of the molecule is CNC(=Nc1cc(C)c(Oc2snc3c(Cl)ccc(Cl)c23)cc1Cl)C(C)C. The maximum Gasteiger partial charge on any atom is 0.209 e. The molecule has 0 aliphatic heterocycles. The van der Waals surface area contributed by atoms with Gasteiger partial charge in [-0.3, -0.25) is 0 Å². The Kier molecular flexibility index (Phi) is 6.16. The molecule has 0 amide bonds. The second-order valence-corrected chi connectivity index (χ2v) is 8.25. The zero-order valence-corrected chi connectivity index (χ0v) is 18.3. The molecule has 0 radical (unpaired) electrons. The first-order chi connectivity index (χ1) is 12.8. The van der Waals surface area contributed by atoms with E-state index in [-0.39, 0.29) is 5.92 Å². The minimum Gasteiger partial charge on any atom is -0.444 e. The highest BCUT2D eigenvalue weighted by Crippen LogP contribution is 2.43. The van der Waals surface area contributed by atoms with Crippen LogP contribution in [0.15, 0.2) is 29.3 Å². The topological polar surface area (TPSA) is 46.5 Å². The maximum absolute atomic E-state index is 6.45. The second kappa shape index (κ2) is 8.23. The predicted molar refractivity (Wildman–Crippen MR) is 117 cm³/mol. The lowest BCUT2D eigenvalue weighted by Crippen LogP contribution is -2.23. The first-order valence-electron chi connectivity index (χ1n) is 8.29. The van der Waals surface area contributed by atoms with Crippen LogP contribution in [-0.2, 0) is 0 Å². The molecule has 1 heterocycles. The molecule has 0 unspecified atom stereocenters. The number of fused-ring (bicyclic) bond motifs is 1. The van der Waals surface area contributed by atoms with Crippen LogP contribution in [0.3, 0.4) is 0 Å². The van der Waals surface area contributed by atoms with E-state index in [0.717, 1.165) is 11.4 Å². The Bertz CT molecular complexity index is 1030. The summed E-state index contributed by atoms with van der Waals surface area (Å²) in [6.45, 7) is 6.08. The third-order valence-electron chi connectivity index (χ3n) is 3.99. The first kappa shape index (κ1) is 20.2. The molecule has 0 saturated heterocycles. The first-order valence-corrected chi connectivity index (χ1v) is 10.2. The summed E-state index contributed by atoms with van der Waals surface area (Å²) in [5.41, 5.74) is 2.22. The van der Waals surface area contributed by atoms with Crippen molar-refractivity contribution in [3.05, 3.63) is 44.9 Å². The van der Waals surface area contributed by atoms with E-state index in [1.807, 2.05) is 20.0 Å². The van der Waals surface area contributed by atoms with Gasteiger partial charge in [0, 0.05) is 30.6 Å². The molecule has 1 aromatic heterocycles. The number of aliphatic imine (C=N–C) groups is 1. The summed E-state index contributed by atoms with van der Waals surface area (Å²) in [4.78, 5) is 4.62. The van der Waals surface area contributed by atoms with E-state index in [2.05, 4.69) is 28.5 Å². The minimum atomic E-state index is 0.262. The molecule has 0 aliphatic carbocycles. The third-order valence-corrected chi connectivity index (χ3v) is 5.64. The number of aryl methyl sites for hydroxylation is 1. The van der Waals surface area contributed by atoms with E-state index < -0.39 is 0 Å². The molecule has 3 aromatic rings. The Labute approximate surface area is 177 Å². The summed E-state index contributed by atoms with van der Waals surface area (Å²) in [7, 11) is 1.85. The van der Waals surface area contributed by atoms with Crippen LogP contribution in [0.25, 0.3) is 10.9 Å². The van der Waals surface area contributed by atoms with Crippen molar-refractivity contribution in [2.75, 3.05) is 7.05 Å². The van der Waals surface area contributed by atoms with Gasteiger partial charge in [-0.05, 0) is 30.7 Å². The number of aromatic nitrogens is 1. The van der Waals surface area contributed by atoms with Gasteiger partial charge >= 0.3 is 0 Å². The number of ether oxygens (including phenoxy) is 1. The quantitative estimate of drug-likeness (QED) is 0.341. The molecule has 27 heavy (non-hydrogen) atoms. The number of rotatable bonds is 4. The molecule has 0 fully saturated rings. The average molecular weight is 443 g/mol. The zero-order valence-electron chi connectivity index (χ0n) is 15.2. The van der Waals surface area contributed by atoms with Crippen molar-refractivity contribution in [2.45, 2.75) is 20.8 Å². The van der Waals surface area contributed by atoms with Crippen LogP contribution in [0.1, 0.15) is 19.4 Å². The van der Waals surface area contributed by atoms with E-state index in [0.29, 0.717) is 42.5 Å². The van der Waals surface area contributed by atoms with E-state index in [4.69, 9.17) is 39.5 Å². The summed E-state index contributed by atoms with van der Waals surface area (Å²) in [6, 6.07) is 7.11. The van der Waals surface area contributed by atoms with Crippen molar-refractivity contribution in [2.24, 2.45) is 10.9 Å². The Morgan fingerprint density at radius 1 is 1.15 bits per heavy atom. The second-order valence-electron chi connectivity index (χ2n) is 6.30. The van der Waals surface area contributed by atoms with Crippen molar-refractivity contribution < 1.29 is 4.74 Å². The summed E-state index contributed by atoms with van der Waals surface area (Å²) < 4.78 is 10.4. The smallest absolute Gasteiger partial charge is 0.209 e. The number of amidine groups is 1. The lowest BCUT2D eigenvalue weighted by molar-refractivity contribution is 0.497. The van der Waals surface area contributed by atoms with Crippen molar-refractivity contribution in [1.82, 2.24) is 9.69 Å². The molecule has 0 spiro atoms. The molecule has 0 saturated carbocycles. The van der Waals surface area contributed by atoms with Gasteiger partial charge in [-0.15, -0.1) is 0 Å². The van der Waals surface area contributed by atoms with Crippen LogP contribution < -0.4 is 10.1 Å². The number of hydrogen-bond acceptors (Lipinski definition) is 4. The summed E-state index contributed by atoms with van der Waals surface area (Å²) >= 11 is 20.2. The van der Waals surface area contributed by atoms with Crippen molar-refractivity contribution >= 4 is 68.8 Å².